The quantitative estimate of drug-likeness (QED) is 0.915. The normalized spacial score (nSPS) is 12.8. The number of pyridine rings is 1. The number of hydrogen-bond acceptors (Lipinski definition) is 3. The van der Waals surface area contributed by atoms with Crippen molar-refractivity contribution in [1.29, 1.82) is 0 Å². The van der Waals surface area contributed by atoms with Crippen LogP contribution >= 0.6 is 0 Å². The van der Waals surface area contributed by atoms with Crippen LogP contribution in [0.4, 0.5) is 0 Å². The van der Waals surface area contributed by atoms with Gasteiger partial charge in [-0.3, -0.25) is 14.3 Å². The highest BCUT2D eigenvalue weighted by Crippen LogP contribution is 2.14. The minimum atomic E-state index is -0.542. The number of hydrogen-bond donors (Lipinski definition) is 1. The number of fused-ring (bicyclic) bond motifs is 1. The SMILES string of the molecule is Cc1nn(C)c2c(=O)n(C(C)C(=O)NCCC(C)C)ccc12. The Kier molecular flexibility index (Phi) is 4.68. The van der Waals surface area contributed by atoms with Crippen LogP contribution in [0.1, 0.15) is 38.9 Å². The molecule has 0 fully saturated rings. The molecule has 2 rings (SSSR count). The van der Waals surface area contributed by atoms with Crippen molar-refractivity contribution in [3.63, 3.8) is 0 Å². The van der Waals surface area contributed by atoms with Crippen LogP contribution in [-0.4, -0.2) is 26.8 Å². The molecule has 2 aromatic rings. The summed E-state index contributed by atoms with van der Waals surface area (Å²) in [6.07, 6.45) is 2.60. The minimum Gasteiger partial charge on any atom is -0.354 e. The van der Waals surface area contributed by atoms with Gasteiger partial charge < -0.3 is 9.88 Å². The molecule has 0 aliphatic carbocycles. The molecule has 0 saturated carbocycles. The maximum Gasteiger partial charge on any atom is 0.277 e. The summed E-state index contributed by atoms with van der Waals surface area (Å²) in [5.74, 6) is 0.396. The average Bonchev–Trinajstić information content (AvgIpc) is 2.73. The summed E-state index contributed by atoms with van der Waals surface area (Å²) in [4.78, 5) is 24.8. The molecule has 2 aromatic heterocycles. The maximum absolute atomic E-state index is 12.6. The van der Waals surface area contributed by atoms with Gasteiger partial charge >= 0.3 is 0 Å². The van der Waals surface area contributed by atoms with E-state index in [1.807, 2.05) is 13.0 Å². The largest absolute Gasteiger partial charge is 0.354 e. The molecule has 0 aliphatic rings. The molecular weight excluding hydrogens is 280 g/mol. The number of aromatic nitrogens is 3. The van der Waals surface area contributed by atoms with E-state index in [9.17, 15) is 9.59 Å². The van der Waals surface area contributed by atoms with Crippen molar-refractivity contribution >= 4 is 16.8 Å². The molecule has 0 aliphatic heterocycles. The maximum atomic E-state index is 12.6. The zero-order chi connectivity index (χ0) is 16.4. The summed E-state index contributed by atoms with van der Waals surface area (Å²) < 4.78 is 3.04. The van der Waals surface area contributed by atoms with Gasteiger partial charge in [0.05, 0.1) is 5.69 Å². The van der Waals surface area contributed by atoms with Crippen LogP contribution in [0.3, 0.4) is 0 Å². The van der Waals surface area contributed by atoms with Gasteiger partial charge in [0.1, 0.15) is 11.6 Å². The van der Waals surface area contributed by atoms with Gasteiger partial charge in [-0.2, -0.15) is 5.10 Å². The Morgan fingerprint density at radius 3 is 2.68 bits per heavy atom. The topological polar surface area (TPSA) is 68.9 Å². The summed E-state index contributed by atoms with van der Waals surface area (Å²) in [5, 5.41) is 7.98. The van der Waals surface area contributed by atoms with E-state index >= 15 is 0 Å². The van der Waals surface area contributed by atoms with Gasteiger partial charge in [-0.05, 0) is 32.3 Å². The van der Waals surface area contributed by atoms with Gasteiger partial charge in [0, 0.05) is 25.2 Å². The number of amides is 1. The van der Waals surface area contributed by atoms with Gasteiger partial charge in [0.25, 0.3) is 5.56 Å². The zero-order valence-electron chi connectivity index (χ0n) is 13.9. The molecule has 1 unspecified atom stereocenters. The second-order valence-corrected chi connectivity index (χ2v) is 6.15. The Morgan fingerprint density at radius 2 is 2.05 bits per heavy atom. The molecule has 0 bridgehead atoms. The molecule has 2 heterocycles. The standard InChI is InChI=1S/C16H24N4O2/c1-10(2)6-8-17-15(21)12(4)20-9-7-13-11(3)18-19(5)14(13)16(20)22/h7,9-10,12H,6,8H2,1-5H3,(H,17,21). The van der Waals surface area contributed by atoms with E-state index in [0.717, 1.165) is 17.5 Å². The van der Waals surface area contributed by atoms with Crippen molar-refractivity contribution in [3.05, 3.63) is 28.3 Å². The van der Waals surface area contributed by atoms with Gasteiger partial charge in [0.2, 0.25) is 5.91 Å². The lowest BCUT2D eigenvalue weighted by atomic mass is 10.1. The van der Waals surface area contributed by atoms with Crippen molar-refractivity contribution < 1.29 is 4.79 Å². The highest BCUT2D eigenvalue weighted by Gasteiger charge is 2.19. The van der Waals surface area contributed by atoms with Crippen molar-refractivity contribution in [1.82, 2.24) is 19.7 Å². The van der Waals surface area contributed by atoms with E-state index in [4.69, 9.17) is 0 Å². The summed E-state index contributed by atoms with van der Waals surface area (Å²) in [7, 11) is 1.74. The van der Waals surface area contributed by atoms with Crippen LogP contribution in [0.5, 0.6) is 0 Å². The number of carbonyl (C=O) groups excluding carboxylic acids is 1. The third-order valence-electron chi connectivity index (χ3n) is 3.93. The zero-order valence-corrected chi connectivity index (χ0v) is 13.9. The van der Waals surface area contributed by atoms with Gasteiger partial charge in [-0.25, -0.2) is 0 Å². The molecule has 0 aromatic carbocycles. The first-order chi connectivity index (χ1) is 10.3. The third kappa shape index (κ3) is 3.05. The number of carbonyl (C=O) groups is 1. The monoisotopic (exact) mass is 304 g/mol. The first-order valence-corrected chi connectivity index (χ1v) is 7.65. The van der Waals surface area contributed by atoms with Crippen molar-refractivity contribution in [2.24, 2.45) is 13.0 Å². The molecule has 1 atom stereocenters. The van der Waals surface area contributed by atoms with E-state index in [2.05, 4.69) is 24.3 Å². The highest BCUT2D eigenvalue weighted by molar-refractivity contribution is 5.83. The first kappa shape index (κ1) is 16.3. The Labute approximate surface area is 130 Å². The fourth-order valence-corrected chi connectivity index (χ4v) is 2.54. The van der Waals surface area contributed by atoms with Crippen LogP contribution in [0.2, 0.25) is 0 Å². The van der Waals surface area contributed by atoms with E-state index in [-0.39, 0.29) is 11.5 Å². The lowest BCUT2D eigenvalue weighted by Gasteiger charge is -2.16. The molecule has 0 spiro atoms. The first-order valence-electron chi connectivity index (χ1n) is 7.65. The van der Waals surface area contributed by atoms with E-state index in [0.29, 0.717) is 18.0 Å². The second kappa shape index (κ2) is 6.34. The van der Waals surface area contributed by atoms with Crippen LogP contribution in [-0.2, 0) is 11.8 Å². The minimum absolute atomic E-state index is 0.138. The van der Waals surface area contributed by atoms with E-state index in [1.165, 1.54) is 4.57 Å². The number of nitrogens with zero attached hydrogens (tertiary/aromatic N) is 3. The van der Waals surface area contributed by atoms with Crippen molar-refractivity contribution in [2.45, 2.75) is 40.2 Å². The third-order valence-corrected chi connectivity index (χ3v) is 3.93. The van der Waals surface area contributed by atoms with Gasteiger partial charge in [0.15, 0.2) is 0 Å². The summed E-state index contributed by atoms with van der Waals surface area (Å²) in [6, 6.07) is 1.30. The van der Waals surface area contributed by atoms with Crippen LogP contribution < -0.4 is 10.9 Å². The van der Waals surface area contributed by atoms with Crippen LogP contribution in [0, 0.1) is 12.8 Å². The smallest absolute Gasteiger partial charge is 0.277 e. The predicted octanol–water partition coefficient (Wildman–Crippen LogP) is 1.77. The van der Waals surface area contributed by atoms with Crippen LogP contribution in [0.15, 0.2) is 17.1 Å². The number of nitrogens with one attached hydrogen (secondary N) is 1. The fourth-order valence-electron chi connectivity index (χ4n) is 2.54. The molecule has 0 saturated heterocycles. The Bertz CT molecular complexity index is 742. The average molecular weight is 304 g/mol. The molecule has 6 heteroatoms. The van der Waals surface area contributed by atoms with Crippen LogP contribution in [0.25, 0.3) is 10.9 Å². The van der Waals surface area contributed by atoms with Gasteiger partial charge in [-0.15, -0.1) is 0 Å². The summed E-state index contributed by atoms with van der Waals surface area (Å²) in [6.45, 7) is 8.45. The predicted molar refractivity (Wildman–Crippen MR) is 86.9 cm³/mol. The molecule has 120 valence electrons. The summed E-state index contributed by atoms with van der Waals surface area (Å²) >= 11 is 0. The molecule has 6 nitrogen and oxygen atoms in total. The van der Waals surface area contributed by atoms with E-state index < -0.39 is 6.04 Å². The molecule has 1 N–H and O–H groups in total. The highest BCUT2D eigenvalue weighted by atomic mass is 16.2. The number of rotatable bonds is 5. The van der Waals surface area contributed by atoms with E-state index in [1.54, 1.807) is 24.9 Å². The lowest BCUT2D eigenvalue weighted by Crippen LogP contribution is -2.36. The van der Waals surface area contributed by atoms with Gasteiger partial charge in [-0.1, -0.05) is 13.8 Å². The summed E-state index contributed by atoms with van der Waals surface area (Å²) in [5.41, 5.74) is 1.16. The lowest BCUT2D eigenvalue weighted by molar-refractivity contribution is -0.123. The molecule has 1 amide bonds. The molecule has 0 radical (unpaired) electrons. The van der Waals surface area contributed by atoms with Crippen molar-refractivity contribution in [3.8, 4) is 0 Å². The van der Waals surface area contributed by atoms with Crippen molar-refractivity contribution in [2.75, 3.05) is 6.54 Å². The Morgan fingerprint density at radius 1 is 1.36 bits per heavy atom. The molecular formula is C16H24N4O2. The Balaban J connectivity index is 2.27. The Hall–Kier alpha value is -2.11. The molecule has 22 heavy (non-hydrogen) atoms. The second-order valence-electron chi connectivity index (χ2n) is 6.15. The number of aryl methyl sites for hydroxylation is 2. The fraction of sp³-hybridized carbons (Fsp3) is 0.562.